The van der Waals surface area contributed by atoms with E-state index in [1.807, 2.05) is 0 Å². The molecule has 0 amide bonds. The maximum atomic E-state index is 6.34. The Balaban J connectivity index is 0.933. The van der Waals surface area contributed by atoms with Gasteiger partial charge in [-0.05, 0) is 154 Å². The largest absolute Gasteiger partial charge is 0.381 e. The fourth-order valence-corrected chi connectivity index (χ4v) is 11.4. The minimum Gasteiger partial charge on any atom is -0.381 e. The number of allylic oxidation sites excluding steroid dienone is 1. The Labute approximate surface area is 368 Å². The maximum absolute atomic E-state index is 6.34. The summed E-state index contributed by atoms with van der Waals surface area (Å²) in [5.41, 5.74) is 18.5. The van der Waals surface area contributed by atoms with Crippen molar-refractivity contribution in [3.8, 4) is 44.5 Å². The Morgan fingerprint density at radius 3 is 1.81 bits per heavy atom. The highest BCUT2D eigenvalue weighted by Gasteiger charge is 2.42. The van der Waals surface area contributed by atoms with Crippen molar-refractivity contribution in [2.24, 2.45) is 5.41 Å². The first-order valence-corrected chi connectivity index (χ1v) is 22.9. The van der Waals surface area contributed by atoms with Crippen LogP contribution in [0.3, 0.4) is 0 Å². The molecule has 11 rings (SSSR count). The van der Waals surface area contributed by atoms with Crippen molar-refractivity contribution >= 4 is 32.3 Å². The quantitative estimate of drug-likeness (QED) is 0.0778. The minimum absolute atomic E-state index is 0.0925. The molecule has 0 N–H and O–H groups in total. The van der Waals surface area contributed by atoms with Gasteiger partial charge in [-0.15, -0.1) is 6.58 Å². The average Bonchev–Trinajstić information content (AvgIpc) is 3.65. The lowest BCUT2D eigenvalue weighted by Gasteiger charge is -2.40. The fraction of sp³-hybridized carbons (Fsp3) is 0.300. The molecular formula is C60H58O2. The van der Waals surface area contributed by atoms with Crippen LogP contribution in [0.5, 0.6) is 0 Å². The molecule has 1 fully saturated rings. The first kappa shape index (κ1) is 39.3. The SMILES string of the molecule is C=CC1(CCCOCC2(CC)COC2)c2cc(C)ccc2-c2ccc(-c3ccc4c(c3)C(C)(C)c3cc(-c5ccc6ccc7cc(C(C)(C)C)cc8ccc5c6c78)ccc3-4)cc21. The monoisotopic (exact) mass is 810 g/mol. The van der Waals surface area contributed by atoms with E-state index >= 15 is 0 Å². The van der Waals surface area contributed by atoms with E-state index in [9.17, 15) is 0 Å². The van der Waals surface area contributed by atoms with Crippen molar-refractivity contribution in [1.29, 1.82) is 0 Å². The molecule has 0 aromatic heterocycles. The second kappa shape index (κ2) is 14.0. The number of ether oxygens (including phenoxy) is 2. The van der Waals surface area contributed by atoms with Gasteiger partial charge in [-0.3, -0.25) is 0 Å². The summed E-state index contributed by atoms with van der Waals surface area (Å²) in [4.78, 5) is 0. The third-order valence-electron chi connectivity index (χ3n) is 15.4. The zero-order valence-electron chi connectivity index (χ0n) is 37.6. The van der Waals surface area contributed by atoms with Gasteiger partial charge in [0.2, 0.25) is 0 Å². The van der Waals surface area contributed by atoms with E-state index < -0.39 is 0 Å². The minimum atomic E-state index is -0.277. The van der Waals surface area contributed by atoms with Crippen LogP contribution in [0, 0.1) is 12.3 Å². The molecule has 62 heavy (non-hydrogen) atoms. The molecule has 3 aliphatic rings. The molecule has 2 heteroatoms. The maximum Gasteiger partial charge on any atom is 0.0566 e. The zero-order valence-corrected chi connectivity index (χ0v) is 37.6. The van der Waals surface area contributed by atoms with Gasteiger partial charge in [-0.25, -0.2) is 0 Å². The molecule has 8 aromatic carbocycles. The Bertz CT molecular complexity index is 3090. The average molecular weight is 811 g/mol. The van der Waals surface area contributed by atoms with Crippen LogP contribution in [0.1, 0.15) is 94.2 Å². The molecule has 1 heterocycles. The van der Waals surface area contributed by atoms with Gasteiger partial charge >= 0.3 is 0 Å². The van der Waals surface area contributed by atoms with Gasteiger partial charge in [-0.2, -0.15) is 0 Å². The second-order valence-corrected chi connectivity index (χ2v) is 20.6. The predicted octanol–water partition coefficient (Wildman–Crippen LogP) is 15.5. The molecule has 2 aliphatic carbocycles. The van der Waals surface area contributed by atoms with Crippen LogP contribution in [0.25, 0.3) is 76.8 Å². The number of rotatable bonds is 10. The second-order valence-electron chi connectivity index (χ2n) is 20.6. The Kier molecular flexibility index (Phi) is 8.87. The van der Waals surface area contributed by atoms with E-state index in [1.165, 1.54) is 110 Å². The van der Waals surface area contributed by atoms with Crippen molar-refractivity contribution in [2.75, 3.05) is 26.4 Å². The fourth-order valence-electron chi connectivity index (χ4n) is 11.4. The third kappa shape index (κ3) is 5.83. The van der Waals surface area contributed by atoms with E-state index in [1.54, 1.807) is 0 Å². The van der Waals surface area contributed by atoms with Crippen LogP contribution in [-0.4, -0.2) is 26.4 Å². The van der Waals surface area contributed by atoms with Crippen LogP contribution >= 0.6 is 0 Å². The molecule has 1 saturated heterocycles. The van der Waals surface area contributed by atoms with Crippen LogP contribution in [0.15, 0.2) is 134 Å². The molecule has 0 spiro atoms. The number of aryl methyl sites for hydroxylation is 1. The Morgan fingerprint density at radius 2 is 1.18 bits per heavy atom. The van der Waals surface area contributed by atoms with Crippen LogP contribution in [0.4, 0.5) is 0 Å². The molecule has 8 aromatic rings. The number of fused-ring (bicyclic) bond motifs is 6. The van der Waals surface area contributed by atoms with Gasteiger partial charge in [0.25, 0.3) is 0 Å². The number of hydrogen-bond donors (Lipinski definition) is 0. The summed E-state index contributed by atoms with van der Waals surface area (Å²) in [7, 11) is 0. The van der Waals surface area contributed by atoms with E-state index in [2.05, 4.69) is 182 Å². The molecule has 0 bridgehead atoms. The molecule has 1 atom stereocenters. The van der Waals surface area contributed by atoms with Gasteiger partial charge < -0.3 is 9.47 Å². The summed E-state index contributed by atoms with van der Waals surface area (Å²) in [5, 5.41) is 8.03. The highest BCUT2D eigenvalue weighted by molar-refractivity contribution is 6.25. The lowest BCUT2D eigenvalue weighted by Crippen LogP contribution is -2.45. The van der Waals surface area contributed by atoms with Gasteiger partial charge in [0.05, 0.1) is 19.8 Å². The van der Waals surface area contributed by atoms with E-state index in [0.717, 1.165) is 45.7 Å². The Hall–Kier alpha value is -5.54. The van der Waals surface area contributed by atoms with Crippen molar-refractivity contribution < 1.29 is 9.47 Å². The highest BCUT2D eigenvalue weighted by atomic mass is 16.5. The summed E-state index contributed by atoms with van der Waals surface area (Å²) in [6.45, 7) is 23.9. The molecule has 310 valence electrons. The number of benzene rings is 8. The van der Waals surface area contributed by atoms with E-state index in [0.29, 0.717) is 0 Å². The van der Waals surface area contributed by atoms with E-state index in [4.69, 9.17) is 9.47 Å². The van der Waals surface area contributed by atoms with Crippen molar-refractivity contribution in [1.82, 2.24) is 0 Å². The van der Waals surface area contributed by atoms with Crippen LogP contribution in [-0.2, 0) is 25.7 Å². The predicted molar refractivity (Wildman–Crippen MR) is 262 cm³/mol. The first-order chi connectivity index (χ1) is 29.8. The summed E-state index contributed by atoms with van der Waals surface area (Å²) >= 11 is 0. The topological polar surface area (TPSA) is 18.5 Å². The van der Waals surface area contributed by atoms with Crippen molar-refractivity contribution in [3.05, 3.63) is 167 Å². The summed E-state index contributed by atoms with van der Waals surface area (Å²) < 4.78 is 11.9. The lowest BCUT2D eigenvalue weighted by molar-refractivity contribution is -0.150. The van der Waals surface area contributed by atoms with Crippen LogP contribution < -0.4 is 0 Å². The smallest absolute Gasteiger partial charge is 0.0566 e. The van der Waals surface area contributed by atoms with Gasteiger partial charge in [0.15, 0.2) is 0 Å². The molecule has 0 radical (unpaired) electrons. The molecule has 0 saturated carbocycles. The van der Waals surface area contributed by atoms with Crippen molar-refractivity contribution in [3.63, 3.8) is 0 Å². The van der Waals surface area contributed by atoms with Crippen LogP contribution in [0.2, 0.25) is 0 Å². The third-order valence-corrected chi connectivity index (χ3v) is 15.4. The van der Waals surface area contributed by atoms with Gasteiger partial charge in [-0.1, -0.05) is 156 Å². The standard InChI is InChI=1S/C60H58O2/c1-9-59(35-62-36-59)34-61-27-11-26-60(10-2)53-28-37(3)12-20-48(53)49-23-17-40(32-54(49)60)39-16-22-46-47-24-18-41(33-52(47)58(7,8)51(46)31-39)45-21-15-38-13-14-42-29-44(57(4,5)6)30-43-19-25-50(45)56(38)55(42)43/h10,12-25,28-33H,2,9,11,26-27,34-36H2,1,3-8H3. The number of hydrogen-bond acceptors (Lipinski definition) is 2. The van der Waals surface area contributed by atoms with Crippen molar-refractivity contribution in [2.45, 2.75) is 84.0 Å². The molecular weight excluding hydrogens is 753 g/mol. The van der Waals surface area contributed by atoms with E-state index in [-0.39, 0.29) is 21.7 Å². The Morgan fingerprint density at radius 1 is 0.629 bits per heavy atom. The lowest BCUT2D eigenvalue weighted by atomic mass is 9.74. The summed E-state index contributed by atoms with van der Waals surface area (Å²) in [6.07, 6.45) is 5.24. The summed E-state index contributed by atoms with van der Waals surface area (Å²) in [5.74, 6) is 0. The first-order valence-electron chi connectivity index (χ1n) is 22.9. The molecule has 1 aliphatic heterocycles. The normalized spacial score (nSPS) is 18.2. The molecule has 1 unspecified atom stereocenters. The van der Waals surface area contributed by atoms with Gasteiger partial charge in [0.1, 0.15) is 0 Å². The zero-order chi connectivity index (χ0) is 42.8. The molecule has 2 nitrogen and oxygen atoms in total. The summed E-state index contributed by atoms with van der Waals surface area (Å²) in [6, 6.07) is 47.3. The van der Waals surface area contributed by atoms with Gasteiger partial charge in [0, 0.05) is 22.9 Å². The highest BCUT2D eigenvalue weighted by Crippen LogP contribution is 2.55.